The average Bonchev–Trinajstić information content (AvgIpc) is 2.68. The zero-order valence-corrected chi connectivity index (χ0v) is 12.3. The maximum atomic E-state index is 11.6. The molecule has 0 aliphatic carbocycles. The van der Waals surface area contributed by atoms with Crippen molar-refractivity contribution in [3.63, 3.8) is 0 Å². The SMILES string of the molecule is O=C(CI)CCCCCC(=O)N1C(=O)CCC1=O. The predicted octanol–water partition coefficient (Wildman–Crippen LogP) is 1.62. The van der Waals surface area contributed by atoms with E-state index in [2.05, 4.69) is 0 Å². The first-order chi connectivity index (χ1) is 8.56. The van der Waals surface area contributed by atoms with Gasteiger partial charge in [-0.1, -0.05) is 29.0 Å². The van der Waals surface area contributed by atoms with Gasteiger partial charge in [-0.25, -0.2) is 4.90 Å². The summed E-state index contributed by atoms with van der Waals surface area (Å²) in [7, 11) is 0. The third-order valence-corrected chi connectivity index (χ3v) is 3.65. The lowest BCUT2D eigenvalue weighted by atomic mass is 10.1. The van der Waals surface area contributed by atoms with Crippen molar-refractivity contribution < 1.29 is 19.2 Å². The molecule has 5 nitrogen and oxygen atoms in total. The number of amides is 3. The molecule has 1 fully saturated rings. The summed E-state index contributed by atoms with van der Waals surface area (Å²) in [5.41, 5.74) is 0. The zero-order chi connectivity index (χ0) is 13.5. The maximum absolute atomic E-state index is 11.6. The van der Waals surface area contributed by atoms with E-state index in [1.807, 2.05) is 22.6 Å². The number of Topliss-reactive ketones (excluding diaryl/α,β-unsaturated/α-hetero) is 1. The van der Waals surface area contributed by atoms with Crippen molar-refractivity contribution in [3.05, 3.63) is 0 Å². The molecule has 0 aromatic rings. The van der Waals surface area contributed by atoms with Crippen LogP contribution in [-0.2, 0) is 19.2 Å². The molecule has 0 bridgehead atoms. The fourth-order valence-electron chi connectivity index (χ4n) is 1.81. The van der Waals surface area contributed by atoms with E-state index in [-0.39, 0.29) is 36.9 Å². The Morgan fingerprint density at radius 3 is 2.11 bits per heavy atom. The molecule has 1 aliphatic rings. The molecule has 3 amide bonds. The van der Waals surface area contributed by atoms with E-state index in [1.165, 1.54) is 0 Å². The van der Waals surface area contributed by atoms with Gasteiger partial charge in [0.1, 0.15) is 5.78 Å². The van der Waals surface area contributed by atoms with Crippen LogP contribution in [0.15, 0.2) is 0 Å². The van der Waals surface area contributed by atoms with Crippen LogP contribution in [0.3, 0.4) is 0 Å². The number of alkyl halides is 1. The highest BCUT2D eigenvalue weighted by Gasteiger charge is 2.33. The van der Waals surface area contributed by atoms with Gasteiger partial charge >= 0.3 is 0 Å². The van der Waals surface area contributed by atoms with Crippen molar-refractivity contribution in [2.24, 2.45) is 0 Å². The number of ketones is 1. The molecule has 100 valence electrons. The highest BCUT2D eigenvalue weighted by atomic mass is 127. The maximum Gasteiger partial charge on any atom is 0.236 e. The fraction of sp³-hybridized carbons (Fsp3) is 0.667. The van der Waals surface area contributed by atoms with Crippen LogP contribution in [0, 0.1) is 0 Å². The minimum Gasteiger partial charge on any atom is -0.299 e. The number of carbonyl (C=O) groups is 4. The number of nitrogens with zero attached hydrogens (tertiary/aromatic N) is 1. The summed E-state index contributed by atoms with van der Waals surface area (Å²) < 4.78 is 0.521. The Labute approximate surface area is 119 Å². The molecule has 0 N–H and O–H groups in total. The quantitative estimate of drug-likeness (QED) is 0.298. The summed E-state index contributed by atoms with van der Waals surface area (Å²) in [6.45, 7) is 0. The van der Waals surface area contributed by atoms with E-state index in [9.17, 15) is 19.2 Å². The molecule has 0 atom stereocenters. The van der Waals surface area contributed by atoms with Gasteiger partial charge in [0.15, 0.2) is 0 Å². The summed E-state index contributed by atoms with van der Waals surface area (Å²) in [6.07, 6.45) is 3.18. The van der Waals surface area contributed by atoms with E-state index in [4.69, 9.17) is 0 Å². The first-order valence-electron chi connectivity index (χ1n) is 6.02. The second kappa shape index (κ2) is 7.60. The number of hydrogen-bond donors (Lipinski definition) is 0. The summed E-state index contributed by atoms with van der Waals surface area (Å²) in [4.78, 5) is 46.0. The highest BCUT2D eigenvalue weighted by Crippen LogP contribution is 2.15. The number of unbranched alkanes of at least 4 members (excludes halogenated alkanes) is 2. The summed E-state index contributed by atoms with van der Waals surface area (Å²) in [5, 5.41) is 0. The van der Waals surface area contributed by atoms with Gasteiger partial charge in [0.25, 0.3) is 0 Å². The largest absolute Gasteiger partial charge is 0.299 e. The van der Waals surface area contributed by atoms with Gasteiger partial charge in [0, 0.05) is 25.7 Å². The van der Waals surface area contributed by atoms with Crippen LogP contribution in [0.25, 0.3) is 0 Å². The molecule has 1 heterocycles. The van der Waals surface area contributed by atoms with Crippen LogP contribution >= 0.6 is 22.6 Å². The lowest BCUT2D eigenvalue weighted by Gasteiger charge is -2.11. The van der Waals surface area contributed by atoms with Gasteiger partial charge in [-0.15, -0.1) is 0 Å². The monoisotopic (exact) mass is 365 g/mol. The smallest absolute Gasteiger partial charge is 0.236 e. The third kappa shape index (κ3) is 4.47. The molecule has 0 aromatic carbocycles. The van der Waals surface area contributed by atoms with Crippen molar-refractivity contribution in [2.75, 3.05) is 4.43 Å². The van der Waals surface area contributed by atoms with Crippen molar-refractivity contribution in [1.82, 2.24) is 4.90 Å². The lowest BCUT2D eigenvalue weighted by Crippen LogP contribution is -2.35. The van der Waals surface area contributed by atoms with Crippen LogP contribution < -0.4 is 0 Å². The third-order valence-electron chi connectivity index (χ3n) is 2.80. The Bertz CT molecular complexity index is 351. The van der Waals surface area contributed by atoms with Crippen molar-refractivity contribution >= 4 is 46.1 Å². The normalized spacial score (nSPS) is 15.3. The second-order valence-corrected chi connectivity index (χ2v) is 5.01. The van der Waals surface area contributed by atoms with Gasteiger partial charge in [0.05, 0.1) is 4.43 Å². The van der Waals surface area contributed by atoms with E-state index in [1.54, 1.807) is 0 Å². The molecule has 1 aliphatic heterocycles. The number of likely N-dealkylation sites (tertiary alicyclic amines) is 1. The van der Waals surface area contributed by atoms with Crippen molar-refractivity contribution in [1.29, 1.82) is 0 Å². The van der Waals surface area contributed by atoms with Gasteiger partial charge in [0.2, 0.25) is 17.7 Å². The van der Waals surface area contributed by atoms with Gasteiger partial charge in [-0.05, 0) is 12.8 Å². The fourth-order valence-corrected chi connectivity index (χ4v) is 2.19. The summed E-state index contributed by atoms with van der Waals surface area (Å²) in [5.74, 6) is -0.954. The van der Waals surface area contributed by atoms with Crippen LogP contribution in [0.5, 0.6) is 0 Å². The molecular weight excluding hydrogens is 349 g/mol. The Morgan fingerprint density at radius 2 is 1.56 bits per heavy atom. The molecule has 0 radical (unpaired) electrons. The number of carbonyl (C=O) groups excluding carboxylic acids is 4. The average molecular weight is 365 g/mol. The highest BCUT2D eigenvalue weighted by molar-refractivity contribution is 14.1. The van der Waals surface area contributed by atoms with E-state index >= 15 is 0 Å². The molecule has 0 aromatic heterocycles. The molecule has 0 unspecified atom stereocenters. The van der Waals surface area contributed by atoms with Gasteiger partial charge in [-0.2, -0.15) is 0 Å². The topological polar surface area (TPSA) is 71.5 Å². The molecular formula is C12H16INO4. The van der Waals surface area contributed by atoms with Crippen LogP contribution in [0.4, 0.5) is 0 Å². The summed E-state index contributed by atoms with van der Waals surface area (Å²) >= 11 is 2.03. The number of imide groups is 3. The number of halogens is 1. The van der Waals surface area contributed by atoms with Crippen LogP contribution in [0.2, 0.25) is 0 Å². The van der Waals surface area contributed by atoms with E-state index in [0.717, 1.165) is 17.7 Å². The van der Waals surface area contributed by atoms with Crippen LogP contribution in [-0.4, -0.2) is 32.8 Å². The lowest BCUT2D eigenvalue weighted by molar-refractivity contribution is -0.149. The zero-order valence-electron chi connectivity index (χ0n) is 10.1. The first kappa shape index (κ1) is 15.3. The molecule has 0 spiro atoms. The van der Waals surface area contributed by atoms with Crippen LogP contribution in [0.1, 0.15) is 44.9 Å². The molecule has 1 saturated heterocycles. The Morgan fingerprint density at radius 1 is 1.00 bits per heavy atom. The predicted molar refractivity (Wildman–Crippen MR) is 73.1 cm³/mol. The number of hydrogen-bond acceptors (Lipinski definition) is 4. The van der Waals surface area contributed by atoms with Gasteiger partial charge in [-0.3, -0.25) is 19.2 Å². The van der Waals surface area contributed by atoms with Crippen molar-refractivity contribution in [2.45, 2.75) is 44.9 Å². The Balaban J connectivity index is 2.19. The van der Waals surface area contributed by atoms with Gasteiger partial charge < -0.3 is 0 Å². The molecule has 6 heteroatoms. The standard InChI is InChI=1S/C12H16INO4/c13-8-9(15)4-2-1-3-5-10(16)14-11(17)6-7-12(14)18/h1-8H2. The second-order valence-electron chi connectivity index (χ2n) is 4.25. The Kier molecular flexibility index (Phi) is 6.45. The van der Waals surface area contributed by atoms with E-state index in [0.29, 0.717) is 17.3 Å². The first-order valence-corrected chi connectivity index (χ1v) is 7.55. The number of rotatable bonds is 7. The van der Waals surface area contributed by atoms with Crippen molar-refractivity contribution in [3.8, 4) is 0 Å². The molecule has 18 heavy (non-hydrogen) atoms. The van der Waals surface area contributed by atoms with E-state index < -0.39 is 5.91 Å². The minimum atomic E-state index is -0.400. The summed E-state index contributed by atoms with van der Waals surface area (Å²) in [6, 6.07) is 0. The Hall–Kier alpha value is -0.790. The molecule has 0 saturated carbocycles. The minimum absolute atomic E-state index is 0.148. The molecule has 1 rings (SSSR count).